The molecular weight excluding hydrogens is 461 g/mol. The summed E-state index contributed by atoms with van der Waals surface area (Å²) in [4.78, 5) is 27.0. The van der Waals surface area contributed by atoms with Crippen LogP contribution in [0.2, 0.25) is 0 Å². The Morgan fingerprint density at radius 2 is 1.76 bits per heavy atom. The number of likely N-dealkylation sites (N-methyl/N-ethyl adjacent to an activating group) is 1. The summed E-state index contributed by atoms with van der Waals surface area (Å²) in [5, 5.41) is 2.71. The molecule has 0 fully saturated rings. The van der Waals surface area contributed by atoms with Crippen LogP contribution in [-0.4, -0.2) is 57.6 Å². The average Bonchev–Trinajstić information content (AvgIpc) is 2.80. The number of ether oxygens (including phenoxy) is 1. The summed E-state index contributed by atoms with van der Waals surface area (Å²) in [6, 6.07) is 11.7. The Bertz CT molecular complexity index is 1080. The highest BCUT2D eigenvalue weighted by Crippen LogP contribution is 2.29. The molecule has 0 aliphatic carbocycles. The van der Waals surface area contributed by atoms with Crippen molar-refractivity contribution >= 4 is 27.5 Å². The minimum absolute atomic E-state index is 0.0199. The predicted octanol–water partition coefficient (Wildman–Crippen LogP) is 2.93. The fourth-order valence-electron chi connectivity index (χ4n) is 3.51. The molecule has 10 heteroatoms. The van der Waals surface area contributed by atoms with Crippen LogP contribution in [0.5, 0.6) is 5.75 Å². The zero-order valence-electron chi connectivity index (χ0n) is 20.0. The summed E-state index contributed by atoms with van der Waals surface area (Å²) in [5.74, 6) is -0.598. The first-order valence-electron chi connectivity index (χ1n) is 11.0. The molecule has 0 bridgehead atoms. The van der Waals surface area contributed by atoms with Crippen LogP contribution in [0.3, 0.4) is 0 Å². The average molecular weight is 494 g/mol. The summed E-state index contributed by atoms with van der Waals surface area (Å²) < 4.78 is 44.7. The molecule has 0 aliphatic heterocycles. The number of anilines is 1. The molecular formula is C24H32FN3O5S. The van der Waals surface area contributed by atoms with Crippen molar-refractivity contribution in [1.82, 2.24) is 10.2 Å². The lowest BCUT2D eigenvalue weighted by Crippen LogP contribution is -2.47. The third-order valence-corrected chi connectivity index (χ3v) is 6.47. The molecule has 1 N–H and O–H groups in total. The number of sulfonamides is 1. The fraction of sp³-hybridized carbons (Fsp3) is 0.417. The van der Waals surface area contributed by atoms with E-state index in [1.54, 1.807) is 50.2 Å². The van der Waals surface area contributed by atoms with Gasteiger partial charge in [-0.3, -0.25) is 13.9 Å². The van der Waals surface area contributed by atoms with Crippen LogP contribution >= 0.6 is 0 Å². The third kappa shape index (κ3) is 7.44. The smallest absolute Gasteiger partial charge is 0.242 e. The Labute approximate surface area is 200 Å². The molecule has 2 amide bonds. The van der Waals surface area contributed by atoms with Gasteiger partial charge in [-0.2, -0.15) is 0 Å². The Balaban J connectivity index is 2.17. The van der Waals surface area contributed by atoms with Gasteiger partial charge in [-0.15, -0.1) is 0 Å². The first-order valence-corrected chi connectivity index (χ1v) is 12.9. The lowest BCUT2D eigenvalue weighted by atomic mass is 10.1. The molecule has 0 radical (unpaired) electrons. The molecule has 0 saturated heterocycles. The van der Waals surface area contributed by atoms with E-state index in [1.807, 2.05) is 0 Å². The van der Waals surface area contributed by atoms with Crippen molar-refractivity contribution in [2.45, 2.75) is 39.3 Å². The highest BCUT2D eigenvalue weighted by atomic mass is 32.2. The molecule has 0 unspecified atom stereocenters. The number of hydrogen-bond acceptors (Lipinski definition) is 5. The molecule has 0 aromatic heterocycles. The largest absolute Gasteiger partial charge is 0.495 e. The second-order valence-electron chi connectivity index (χ2n) is 7.83. The minimum atomic E-state index is -3.63. The number of carbonyl (C=O) groups excluding carboxylic acids is 2. The van der Waals surface area contributed by atoms with E-state index in [-0.39, 0.29) is 37.7 Å². The lowest BCUT2D eigenvalue weighted by molar-refractivity contribution is -0.140. The maximum atomic E-state index is 13.3. The first-order chi connectivity index (χ1) is 16.1. The second-order valence-corrected chi connectivity index (χ2v) is 9.74. The highest BCUT2D eigenvalue weighted by Gasteiger charge is 2.27. The van der Waals surface area contributed by atoms with Crippen molar-refractivity contribution in [2.75, 3.05) is 30.8 Å². The second kappa shape index (κ2) is 12.4. The maximum absolute atomic E-state index is 13.3. The number of carbonyl (C=O) groups is 2. The molecule has 0 saturated carbocycles. The van der Waals surface area contributed by atoms with Gasteiger partial charge in [0.1, 0.15) is 17.6 Å². The Morgan fingerprint density at radius 1 is 1.12 bits per heavy atom. The van der Waals surface area contributed by atoms with E-state index in [2.05, 4.69) is 5.32 Å². The van der Waals surface area contributed by atoms with Gasteiger partial charge in [0, 0.05) is 26.1 Å². The molecule has 8 nitrogen and oxygen atoms in total. The standard InChI is InChI=1S/C24H32FN3O5S/c1-5-26-24(30)18(2)27(17-19-12-14-20(25)15-13-19)23(29)11-8-16-28(34(4,31)32)21-9-6-7-10-22(21)33-3/h6-7,9-10,12-15,18H,5,8,11,16-17H2,1-4H3,(H,26,30)/t18-/m1/s1. The number of amides is 2. The monoisotopic (exact) mass is 493 g/mol. The summed E-state index contributed by atoms with van der Waals surface area (Å²) in [6.07, 6.45) is 1.34. The maximum Gasteiger partial charge on any atom is 0.242 e. The molecule has 2 rings (SSSR count). The van der Waals surface area contributed by atoms with Gasteiger partial charge in [0.2, 0.25) is 21.8 Å². The number of methoxy groups -OCH3 is 1. The first kappa shape index (κ1) is 27.1. The lowest BCUT2D eigenvalue weighted by Gasteiger charge is -2.29. The van der Waals surface area contributed by atoms with E-state index in [1.165, 1.54) is 28.4 Å². The molecule has 186 valence electrons. The molecule has 2 aromatic carbocycles. The van der Waals surface area contributed by atoms with Gasteiger partial charge in [-0.25, -0.2) is 12.8 Å². The van der Waals surface area contributed by atoms with E-state index in [0.717, 1.165) is 6.26 Å². The van der Waals surface area contributed by atoms with E-state index in [0.29, 0.717) is 23.5 Å². The molecule has 0 heterocycles. The van der Waals surface area contributed by atoms with Gasteiger partial charge >= 0.3 is 0 Å². The molecule has 0 aliphatic rings. The summed E-state index contributed by atoms with van der Waals surface area (Å²) in [7, 11) is -2.17. The Morgan fingerprint density at radius 3 is 2.35 bits per heavy atom. The number of benzene rings is 2. The molecule has 34 heavy (non-hydrogen) atoms. The normalized spacial score (nSPS) is 12.0. The van der Waals surface area contributed by atoms with Crippen molar-refractivity contribution in [3.63, 3.8) is 0 Å². The van der Waals surface area contributed by atoms with Crippen LogP contribution in [-0.2, 0) is 26.2 Å². The van der Waals surface area contributed by atoms with E-state index in [4.69, 9.17) is 4.74 Å². The van der Waals surface area contributed by atoms with Crippen LogP contribution in [0.15, 0.2) is 48.5 Å². The topological polar surface area (TPSA) is 96.0 Å². The number of hydrogen-bond donors (Lipinski definition) is 1. The number of nitrogens with zero attached hydrogens (tertiary/aromatic N) is 2. The zero-order valence-corrected chi connectivity index (χ0v) is 20.8. The Kier molecular flexibility index (Phi) is 9.85. The van der Waals surface area contributed by atoms with E-state index < -0.39 is 21.9 Å². The van der Waals surface area contributed by atoms with Crippen LogP contribution in [0.25, 0.3) is 0 Å². The highest BCUT2D eigenvalue weighted by molar-refractivity contribution is 7.92. The van der Waals surface area contributed by atoms with Crippen molar-refractivity contribution in [1.29, 1.82) is 0 Å². The quantitative estimate of drug-likeness (QED) is 0.491. The van der Waals surface area contributed by atoms with Crippen molar-refractivity contribution in [2.24, 2.45) is 0 Å². The van der Waals surface area contributed by atoms with Gasteiger partial charge in [0.15, 0.2) is 0 Å². The van der Waals surface area contributed by atoms with Crippen LogP contribution in [0.4, 0.5) is 10.1 Å². The van der Waals surface area contributed by atoms with Gasteiger partial charge in [0.05, 0.1) is 19.1 Å². The van der Waals surface area contributed by atoms with Crippen molar-refractivity contribution < 1.29 is 27.1 Å². The third-order valence-electron chi connectivity index (χ3n) is 5.29. The van der Waals surface area contributed by atoms with Gasteiger partial charge in [-0.05, 0) is 50.1 Å². The summed E-state index contributed by atoms with van der Waals surface area (Å²) in [5.41, 5.74) is 1.07. The zero-order chi connectivity index (χ0) is 25.3. The molecule has 0 spiro atoms. The van der Waals surface area contributed by atoms with Gasteiger partial charge in [-0.1, -0.05) is 24.3 Å². The Hall–Kier alpha value is -3.14. The van der Waals surface area contributed by atoms with E-state index in [9.17, 15) is 22.4 Å². The molecule has 2 aromatic rings. The van der Waals surface area contributed by atoms with Crippen LogP contribution in [0, 0.1) is 5.82 Å². The predicted molar refractivity (Wildman–Crippen MR) is 130 cm³/mol. The SMILES string of the molecule is CCNC(=O)[C@@H](C)N(Cc1ccc(F)cc1)C(=O)CCCN(c1ccccc1OC)S(C)(=O)=O. The number of rotatable bonds is 12. The van der Waals surface area contributed by atoms with Crippen molar-refractivity contribution in [3.8, 4) is 5.75 Å². The van der Waals surface area contributed by atoms with Gasteiger partial charge < -0.3 is 15.0 Å². The summed E-state index contributed by atoms with van der Waals surface area (Å²) >= 11 is 0. The van der Waals surface area contributed by atoms with E-state index >= 15 is 0 Å². The fourth-order valence-corrected chi connectivity index (χ4v) is 4.48. The number of nitrogens with one attached hydrogen (secondary N) is 1. The van der Waals surface area contributed by atoms with Gasteiger partial charge in [0.25, 0.3) is 0 Å². The van der Waals surface area contributed by atoms with Crippen LogP contribution in [0.1, 0.15) is 32.3 Å². The number of para-hydroxylation sites is 2. The minimum Gasteiger partial charge on any atom is -0.495 e. The van der Waals surface area contributed by atoms with Crippen LogP contribution < -0.4 is 14.4 Å². The number of halogens is 1. The molecule has 1 atom stereocenters. The van der Waals surface area contributed by atoms with Crippen molar-refractivity contribution in [3.05, 3.63) is 59.9 Å². The summed E-state index contributed by atoms with van der Waals surface area (Å²) in [6.45, 7) is 4.02.